The molecule has 3 heterocycles. The minimum Gasteiger partial charge on any atom is -0.302 e. The number of thioether (sulfide) groups is 1. The van der Waals surface area contributed by atoms with Crippen molar-refractivity contribution in [3.8, 4) is 0 Å². The number of hydrogen-bond donors (Lipinski definition) is 1. The number of hydrogen-bond acceptors (Lipinski definition) is 8. The van der Waals surface area contributed by atoms with Gasteiger partial charge in [-0.3, -0.25) is 4.79 Å². The average Bonchev–Trinajstić information content (AvgIpc) is 3.42. The molecule has 0 unspecified atom stereocenters. The van der Waals surface area contributed by atoms with Gasteiger partial charge in [0, 0.05) is 19.0 Å². The third-order valence-corrected chi connectivity index (χ3v) is 10.7. The van der Waals surface area contributed by atoms with Crippen molar-refractivity contribution in [1.29, 1.82) is 0 Å². The fourth-order valence-electron chi connectivity index (χ4n) is 3.81. The quantitative estimate of drug-likeness (QED) is 0.378. The van der Waals surface area contributed by atoms with Gasteiger partial charge in [-0.2, -0.15) is 4.31 Å². The average molecular weight is 523 g/mol. The number of fused-ring (bicyclic) bond motifs is 3. The summed E-state index contributed by atoms with van der Waals surface area (Å²) in [5.74, 6) is -0.943. The monoisotopic (exact) mass is 522 g/mol. The molecule has 172 valence electrons. The topological polar surface area (TPSA) is 92.3 Å². The largest absolute Gasteiger partial charge is 0.302 e. The molecule has 4 aromatic rings. The lowest BCUT2D eigenvalue weighted by molar-refractivity contribution is -0.120. The number of thiazole rings is 2. The van der Waals surface area contributed by atoms with E-state index in [9.17, 15) is 17.6 Å². The van der Waals surface area contributed by atoms with Gasteiger partial charge in [-0.25, -0.2) is 22.8 Å². The van der Waals surface area contributed by atoms with Crippen molar-refractivity contribution in [2.75, 3.05) is 24.7 Å². The number of nitrogens with one attached hydrogen (secondary N) is 1. The van der Waals surface area contributed by atoms with Gasteiger partial charge in [0.05, 0.1) is 25.3 Å². The predicted octanol–water partition coefficient (Wildman–Crippen LogP) is 4.81. The molecule has 0 bridgehead atoms. The highest BCUT2D eigenvalue weighted by atomic mass is 32.2. The summed E-state index contributed by atoms with van der Waals surface area (Å²) in [5.41, 5.74) is 1.74. The lowest BCUT2D eigenvalue weighted by Gasteiger charge is -2.30. The number of anilines is 1. The van der Waals surface area contributed by atoms with Crippen LogP contribution in [0, 0.1) is 11.7 Å². The highest BCUT2D eigenvalue weighted by Crippen LogP contribution is 2.38. The van der Waals surface area contributed by atoms with Crippen molar-refractivity contribution in [1.82, 2.24) is 14.3 Å². The van der Waals surface area contributed by atoms with E-state index in [-0.39, 0.29) is 29.8 Å². The van der Waals surface area contributed by atoms with Crippen LogP contribution in [0.1, 0.15) is 12.8 Å². The van der Waals surface area contributed by atoms with Crippen LogP contribution in [0.15, 0.2) is 45.6 Å². The van der Waals surface area contributed by atoms with Crippen LogP contribution in [0.3, 0.4) is 0 Å². The molecule has 1 aliphatic rings. The SMILES string of the molecule is CSc1nc2ccc3nc(NC(=O)C4CCN(S(=O)(=O)c5ccc(F)cc5)CC4)sc3c2s1. The molecule has 0 radical (unpaired) electrons. The number of carbonyl (C=O) groups is 1. The minimum atomic E-state index is -3.71. The Labute approximate surface area is 202 Å². The molecule has 1 aliphatic heterocycles. The van der Waals surface area contributed by atoms with E-state index in [2.05, 4.69) is 15.3 Å². The zero-order chi connectivity index (χ0) is 23.2. The molecule has 1 amide bonds. The summed E-state index contributed by atoms with van der Waals surface area (Å²) < 4.78 is 43.1. The van der Waals surface area contributed by atoms with Crippen molar-refractivity contribution in [2.24, 2.45) is 5.92 Å². The maximum atomic E-state index is 13.1. The zero-order valence-corrected chi connectivity index (χ0v) is 20.7. The van der Waals surface area contributed by atoms with E-state index in [0.29, 0.717) is 18.0 Å². The molecule has 7 nitrogen and oxygen atoms in total. The van der Waals surface area contributed by atoms with E-state index < -0.39 is 15.8 Å². The molecular formula is C21H19FN4O3S4. The molecule has 1 saturated heterocycles. The fourth-order valence-corrected chi connectivity index (χ4v) is 7.95. The van der Waals surface area contributed by atoms with Gasteiger partial charge < -0.3 is 5.32 Å². The van der Waals surface area contributed by atoms with E-state index in [0.717, 1.165) is 36.9 Å². The van der Waals surface area contributed by atoms with Crippen molar-refractivity contribution in [2.45, 2.75) is 22.1 Å². The third-order valence-electron chi connectivity index (χ3n) is 5.57. The second-order valence-electron chi connectivity index (χ2n) is 7.59. The van der Waals surface area contributed by atoms with Gasteiger partial charge in [0.2, 0.25) is 15.9 Å². The van der Waals surface area contributed by atoms with Gasteiger partial charge in [0.15, 0.2) is 9.47 Å². The smallest absolute Gasteiger partial charge is 0.243 e. The lowest BCUT2D eigenvalue weighted by Crippen LogP contribution is -2.41. The van der Waals surface area contributed by atoms with Gasteiger partial charge in [-0.1, -0.05) is 23.1 Å². The highest BCUT2D eigenvalue weighted by Gasteiger charge is 2.32. The summed E-state index contributed by atoms with van der Waals surface area (Å²) in [7, 11) is -3.71. The Morgan fingerprint density at radius 2 is 1.70 bits per heavy atom. The van der Waals surface area contributed by atoms with Gasteiger partial charge >= 0.3 is 0 Å². The van der Waals surface area contributed by atoms with E-state index in [1.165, 1.54) is 27.8 Å². The first-order chi connectivity index (χ1) is 15.8. The summed E-state index contributed by atoms with van der Waals surface area (Å²) in [6.07, 6.45) is 2.81. The molecule has 33 heavy (non-hydrogen) atoms. The minimum absolute atomic E-state index is 0.0558. The van der Waals surface area contributed by atoms with Gasteiger partial charge in [-0.15, -0.1) is 11.3 Å². The summed E-state index contributed by atoms with van der Waals surface area (Å²) in [4.78, 5) is 22.0. The summed E-state index contributed by atoms with van der Waals surface area (Å²) >= 11 is 4.64. The predicted molar refractivity (Wildman–Crippen MR) is 131 cm³/mol. The molecular weight excluding hydrogens is 504 g/mol. The first kappa shape index (κ1) is 22.7. The second-order valence-corrected chi connectivity index (χ2v) is 12.6. The standard InChI is InChI=1S/C21H19FN4O3S4/c1-30-21-24-16-7-6-15-17(18(16)32-21)31-20(23-15)25-19(27)12-8-10-26(11-9-12)33(28,29)14-4-2-13(22)3-5-14/h2-7,12H,8-11H2,1H3,(H,23,25,27). The number of aromatic nitrogens is 2. The molecule has 1 fully saturated rings. The number of sulfonamides is 1. The Bertz CT molecular complexity index is 1440. The summed E-state index contributed by atoms with van der Waals surface area (Å²) in [6, 6.07) is 8.64. The van der Waals surface area contributed by atoms with Crippen LogP contribution in [0.25, 0.3) is 20.4 Å². The maximum absolute atomic E-state index is 13.1. The highest BCUT2D eigenvalue weighted by molar-refractivity contribution is 8.00. The Morgan fingerprint density at radius 3 is 2.36 bits per heavy atom. The van der Waals surface area contributed by atoms with Crippen LogP contribution < -0.4 is 5.32 Å². The zero-order valence-electron chi connectivity index (χ0n) is 17.4. The van der Waals surface area contributed by atoms with E-state index in [1.807, 2.05) is 18.4 Å². The molecule has 2 aromatic heterocycles. The number of amides is 1. The summed E-state index contributed by atoms with van der Waals surface area (Å²) in [5, 5.41) is 3.45. The molecule has 0 atom stereocenters. The Hall–Kier alpha value is -2.12. The van der Waals surface area contributed by atoms with Crippen LogP contribution in [0.2, 0.25) is 0 Å². The molecule has 0 saturated carbocycles. The van der Waals surface area contributed by atoms with Crippen molar-refractivity contribution >= 4 is 75.9 Å². The summed E-state index contributed by atoms with van der Waals surface area (Å²) in [6.45, 7) is 0.465. The van der Waals surface area contributed by atoms with Crippen LogP contribution >= 0.6 is 34.4 Å². The molecule has 0 spiro atoms. The van der Waals surface area contributed by atoms with Crippen LogP contribution in [-0.4, -0.2) is 47.9 Å². The first-order valence-corrected chi connectivity index (χ1v) is 14.5. The lowest BCUT2D eigenvalue weighted by atomic mass is 9.97. The number of rotatable bonds is 5. The fraction of sp³-hybridized carbons (Fsp3) is 0.286. The van der Waals surface area contributed by atoms with E-state index in [4.69, 9.17) is 0 Å². The number of nitrogens with zero attached hydrogens (tertiary/aromatic N) is 3. The molecule has 1 N–H and O–H groups in total. The Balaban J connectivity index is 1.27. The van der Waals surface area contributed by atoms with Gasteiger partial charge in [0.1, 0.15) is 5.82 Å². The first-order valence-electron chi connectivity index (χ1n) is 10.2. The second kappa shape index (κ2) is 8.91. The number of benzene rings is 2. The van der Waals surface area contributed by atoms with Crippen LogP contribution in [-0.2, 0) is 14.8 Å². The molecule has 0 aliphatic carbocycles. The van der Waals surface area contributed by atoms with Crippen molar-refractivity contribution < 1.29 is 17.6 Å². The van der Waals surface area contributed by atoms with Gasteiger partial charge in [-0.05, 0) is 55.5 Å². The maximum Gasteiger partial charge on any atom is 0.243 e. The third kappa shape index (κ3) is 4.37. The number of carbonyl (C=O) groups excluding carboxylic acids is 1. The number of halogens is 1. The Kier molecular flexibility index (Phi) is 6.12. The number of piperidine rings is 1. The normalized spacial score (nSPS) is 15.9. The Morgan fingerprint density at radius 1 is 1.06 bits per heavy atom. The van der Waals surface area contributed by atoms with E-state index >= 15 is 0 Å². The van der Waals surface area contributed by atoms with Crippen molar-refractivity contribution in [3.05, 3.63) is 42.2 Å². The van der Waals surface area contributed by atoms with Crippen LogP contribution in [0.5, 0.6) is 0 Å². The van der Waals surface area contributed by atoms with Gasteiger partial charge in [0.25, 0.3) is 0 Å². The van der Waals surface area contributed by atoms with Crippen LogP contribution in [0.4, 0.5) is 9.52 Å². The molecule has 2 aromatic carbocycles. The van der Waals surface area contributed by atoms with E-state index in [1.54, 1.807) is 23.1 Å². The molecule has 5 rings (SSSR count). The van der Waals surface area contributed by atoms with Crippen molar-refractivity contribution in [3.63, 3.8) is 0 Å². The molecule has 12 heteroatoms.